The van der Waals surface area contributed by atoms with Crippen molar-refractivity contribution in [3.05, 3.63) is 48.0 Å². The van der Waals surface area contributed by atoms with Crippen molar-refractivity contribution in [2.24, 2.45) is 0 Å². The minimum absolute atomic E-state index is 0.0850. The van der Waals surface area contributed by atoms with Crippen molar-refractivity contribution >= 4 is 16.7 Å². The molecule has 1 heterocycles. The van der Waals surface area contributed by atoms with E-state index >= 15 is 0 Å². The van der Waals surface area contributed by atoms with Crippen molar-refractivity contribution in [3.63, 3.8) is 0 Å². The summed E-state index contributed by atoms with van der Waals surface area (Å²) in [5.41, 5.74) is 1.20. The summed E-state index contributed by atoms with van der Waals surface area (Å²) in [6, 6.07) is 14.6. The van der Waals surface area contributed by atoms with Crippen LogP contribution in [0.3, 0.4) is 0 Å². The molecule has 80 valence electrons. The van der Waals surface area contributed by atoms with E-state index in [2.05, 4.69) is 30.3 Å². The summed E-state index contributed by atoms with van der Waals surface area (Å²) in [6.45, 7) is 0.525. The summed E-state index contributed by atoms with van der Waals surface area (Å²) in [7, 11) is 0. The molecule has 0 N–H and O–H groups in total. The van der Waals surface area contributed by atoms with Crippen LogP contribution in [0.1, 0.15) is 17.9 Å². The third-order valence-electron chi connectivity index (χ3n) is 3.10. The smallest absolute Gasteiger partial charge is 0.306 e. The molecule has 0 bridgehead atoms. The Morgan fingerprint density at radius 1 is 1.06 bits per heavy atom. The van der Waals surface area contributed by atoms with Crippen LogP contribution in [-0.4, -0.2) is 12.6 Å². The summed E-state index contributed by atoms with van der Waals surface area (Å²) in [4.78, 5) is 11.1. The second kappa shape index (κ2) is 3.63. The zero-order valence-electron chi connectivity index (χ0n) is 8.85. The molecule has 2 aromatic rings. The fourth-order valence-electron chi connectivity index (χ4n) is 2.19. The first-order chi connectivity index (χ1) is 7.83. The quantitative estimate of drug-likeness (QED) is 0.679. The molecule has 1 fully saturated rings. The highest BCUT2D eigenvalue weighted by molar-refractivity contribution is 5.83. The Bertz CT molecular complexity index is 545. The van der Waals surface area contributed by atoms with Gasteiger partial charge in [-0.25, -0.2) is 0 Å². The maximum atomic E-state index is 11.1. The summed E-state index contributed by atoms with van der Waals surface area (Å²) < 4.78 is 4.99. The molecule has 16 heavy (non-hydrogen) atoms. The first-order valence-corrected chi connectivity index (χ1v) is 5.47. The lowest BCUT2D eigenvalue weighted by Gasteiger charge is -2.07. The molecule has 0 amide bonds. The van der Waals surface area contributed by atoms with E-state index in [4.69, 9.17) is 4.74 Å². The molecule has 2 aromatic carbocycles. The number of ether oxygens (including phenoxy) is 1. The van der Waals surface area contributed by atoms with E-state index in [0.717, 1.165) is 0 Å². The Kier molecular flexibility index (Phi) is 2.13. The SMILES string of the molecule is O=C1C[C@@H](c2ccc3ccccc3c2)CO1. The minimum Gasteiger partial charge on any atom is -0.465 e. The zero-order chi connectivity index (χ0) is 11.0. The van der Waals surface area contributed by atoms with E-state index in [9.17, 15) is 4.79 Å². The number of hydrogen-bond donors (Lipinski definition) is 0. The number of hydrogen-bond acceptors (Lipinski definition) is 2. The highest BCUT2D eigenvalue weighted by Gasteiger charge is 2.25. The first kappa shape index (κ1) is 9.40. The first-order valence-electron chi connectivity index (χ1n) is 5.47. The molecule has 2 nitrogen and oxygen atoms in total. The van der Waals surface area contributed by atoms with E-state index in [0.29, 0.717) is 13.0 Å². The number of cyclic esters (lactones) is 1. The summed E-state index contributed by atoms with van der Waals surface area (Å²) in [5.74, 6) is 0.148. The Morgan fingerprint density at radius 3 is 2.62 bits per heavy atom. The summed E-state index contributed by atoms with van der Waals surface area (Å²) in [5, 5.41) is 2.45. The second-order valence-electron chi connectivity index (χ2n) is 4.19. The van der Waals surface area contributed by atoms with Gasteiger partial charge in [-0.15, -0.1) is 0 Å². The van der Waals surface area contributed by atoms with E-state index in [-0.39, 0.29) is 11.9 Å². The maximum Gasteiger partial charge on any atom is 0.306 e. The monoisotopic (exact) mass is 212 g/mol. The molecule has 2 heteroatoms. The molecule has 3 rings (SSSR count). The van der Waals surface area contributed by atoms with Crippen LogP contribution in [0.15, 0.2) is 42.5 Å². The standard InChI is InChI=1S/C14H12O2/c15-14-8-13(9-16-14)12-6-5-10-3-1-2-4-11(10)7-12/h1-7,13H,8-9H2/t13-/m1/s1. The Labute approximate surface area is 93.8 Å². The van der Waals surface area contributed by atoms with Gasteiger partial charge in [-0.3, -0.25) is 4.79 Å². The van der Waals surface area contributed by atoms with Crippen LogP contribution in [0.5, 0.6) is 0 Å². The van der Waals surface area contributed by atoms with Crippen LogP contribution in [0.2, 0.25) is 0 Å². The molecule has 0 aliphatic carbocycles. The van der Waals surface area contributed by atoms with Gasteiger partial charge in [-0.2, -0.15) is 0 Å². The van der Waals surface area contributed by atoms with Gasteiger partial charge in [-0.1, -0.05) is 42.5 Å². The molecule has 0 aromatic heterocycles. The molecule has 1 atom stereocenters. The van der Waals surface area contributed by atoms with E-state index in [1.807, 2.05) is 12.1 Å². The van der Waals surface area contributed by atoms with Crippen LogP contribution in [0, 0.1) is 0 Å². The fraction of sp³-hybridized carbons (Fsp3) is 0.214. The Morgan fingerprint density at radius 2 is 1.88 bits per heavy atom. The molecule has 1 saturated heterocycles. The van der Waals surface area contributed by atoms with E-state index < -0.39 is 0 Å². The number of carbonyl (C=O) groups is 1. The summed E-state index contributed by atoms with van der Waals surface area (Å²) in [6.07, 6.45) is 0.512. The van der Waals surface area contributed by atoms with Crippen molar-refractivity contribution in [1.29, 1.82) is 0 Å². The molecule has 1 aliphatic heterocycles. The van der Waals surface area contributed by atoms with Gasteiger partial charge < -0.3 is 4.74 Å². The van der Waals surface area contributed by atoms with E-state index in [1.165, 1.54) is 16.3 Å². The third kappa shape index (κ3) is 1.56. The number of carbonyl (C=O) groups excluding carboxylic acids is 1. The number of esters is 1. The highest BCUT2D eigenvalue weighted by atomic mass is 16.5. The van der Waals surface area contributed by atoms with Crippen molar-refractivity contribution in [1.82, 2.24) is 0 Å². The fourth-order valence-corrected chi connectivity index (χ4v) is 2.19. The lowest BCUT2D eigenvalue weighted by molar-refractivity contribution is -0.137. The van der Waals surface area contributed by atoms with Gasteiger partial charge in [-0.05, 0) is 16.3 Å². The maximum absolute atomic E-state index is 11.1. The second-order valence-corrected chi connectivity index (χ2v) is 4.19. The summed E-state index contributed by atoms with van der Waals surface area (Å²) >= 11 is 0. The van der Waals surface area contributed by atoms with Crippen molar-refractivity contribution < 1.29 is 9.53 Å². The predicted octanol–water partition coefficient (Wildman–Crippen LogP) is 2.87. The zero-order valence-corrected chi connectivity index (χ0v) is 8.85. The molecule has 0 unspecified atom stereocenters. The van der Waals surface area contributed by atoms with Crippen LogP contribution >= 0.6 is 0 Å². The van der Waals surface area contributed by atoms with Gasteiger partial charge in [0.05, 0.1) is 13.0 Å². The van der Waals surface area contributed by atoms with Gasteiger partial charge in [0.15, 0.2) is 0 Å². The van der Waals surface area contributed by atoms with E-state index in [1.54, 1.807) is 0 Å². The van der Waals surface area contributed by atoms with Gasteiger partial charge in [0.2, 0.25) is 0 Å². The van der Waals surface area contributed by atoms with Gasteiger partial charge in [0, 0.05) is 5.92 Å². The topological polar surface area (TPSA) is 26.3 Å². The molecule has 0 spiro atoms. The number of rotatable bonds is 1. The van der Waals surface area contributed by atoms with Crippen molar-refractivity contribution in [2.45, 2.75) is 12.3 Å². The van der Waals surface area contributed by atoms with Crippen molar-refractivity contribution in [3.8, 4) is 0 Å². The average molecular weight is 212 g/mol. The van der Waals surface area contributed by atoms with Crippen LogP contribution in [0.4, 0.5) is 0 Å². The third-order valence-corrected chi connectivity index (χ3v) is 3.10. The van der Waals surface area contributed by atoms with Crippen molar-refractivity contribution in [2.75, 3.05) is 6.61 Å². The molecule has 1 aliphatic rings. The van der Waals surface area contributed by atoms with Crippen LogP contribution < -0.4 is 0 Å². The largest absolute Gasteiger partial charge is 0.465 e. The normalized spacial score (nSPS) is 20.0. The minimum atomic E-state index is -0.0850. The average Bonchev–Trinajstić information content (AvgIpc) is 2.75. The van der Waals surface area contributed by atoms with Gasteiger partial charge in [0.25, 0.3) is 0 Å². The lowest BCUT2D eigenvalue weighted by atomic mass is 9.96. The predicted molar refractivity (Wildman–Crippen MR) is 62.3 cm³/mol. The number of fused-ring (bicyclic) bond motifs is 1. The Balaban J connectivity index is 2.02. The number of benzene rings is 2. The van der Waals surface area contributed by atoms with Gasteiger partial charge >= 0.3 is 5.97 Å². The Hall–Kier alpha value is -1.83. The molecule has 0 radical (unpaired) electrons. The highest BCUT2D eigenvalue weighted by Crippen LogP contribution is 2.28. The molecular formula is C14H12O2. The molecule has 0 saturated carbocycles. The van der Waals surface area contributed by atoms with Gasteiger partial charge in [0.1, 0.15) is 0 Å². The van der Waals surface area contributed by atoms with Crippen LogP contribution in [0.25, 0.3) is 10.8 Å². The van der Waals surface area contributed by atoms with Crippen LogP contribution in [-0.2, 0) is 9.53 Å². The lowest BCUT2D eigenvalue weighted by Crippen LogP contribution is -1.97. The molecular weight excluding hydrogens is 200 g/mol.